The lowest BCUT2D eigenvalue weighted by atomic mass is 10.1. The van der Waals surface area contributed by atoms with Gasteiger partial charge in [-0.2, -0.15) is 4.98 Å². The fourth-order valence-electron chi connectivity index (χ4n) is 3.16. The molecular weight excluding hydrogens is 398 g/mol. The molecule has 0 bridgehead atoms. The Hall–Kier alpha value is -3.75. The summed E-state index contributed by atoms with van der Waals surface area (Å²) in [5.74, 6) is 1.80. The summed E-state index contributed by atoms with van der Waals surface area (Å²) in [4.78, 5) is 20.9. The van der Waals surface area contributed by atoms with Crippen LogP contribution in [0.25, 0.3) is 22.5 Å². The topological polar surface area (TPSA) is 116 Å². The zero-order valence-electron chi connectivity index (χ0n) is 17.4. The van der Waals surface area contributed by atoms with Gasteiger partial charge in [0.2, 0.25) is 11.7 Å². The second-order valence-corrected chi connectivity index (χ2v) is 7.15. The zero-order chi connectivity index (χ0) is 21.6. The number of ether oxygens (including phenoxy) is 1. The van der Waals surface area contributed by atoms with Crippen LogP contribution in [0.4, 0.5) is 0 Å². The molecule has 3 aromatic heterocycles. The van der Waals surface area contributed by atoms with Crippen LogP contribution in [-0.4, -0.2) is 39.8 Å². The van der Waals surface area contributed by atoms with Gasteiger partial charge in [0.1, 0.15) is 5.75 Å². The Balaban J connectivity index is 1.18. The largest absolute Gasteiger partial charge is 0.497 e. The van der Waals surface area contributed by atoms with Crippen molar-refractivity contribution in [1.29, 1.82) is 0 Å². The maximum absolute atomic E-state index is 12.3. The second kappa shape index (κ2) is 9.38. The Bertz CT molecular complexity index is 1170. The third-order valence-corrected chi connectivity index (χ3v) is 4.94. The van der Waals surface area contributed by atoms with Gasteiger partial charge < -0.3 is 19.1 Å². The number of hydrogen-bond acceptors (Lipinski definition) is 8. The molecule has 4 aromatic rings. The lowest BCUT2D eigenvalue weighted by molar-refractivity contribution is 0.0952. The molecule has 9 nitrogen and oxygen atoms in total. The highest BCUT2D eigenvalue weighted by atomic mass is 16.5. The zero-order valence-corrected chi connectivity index (χ0v) is 17.4. The van der Waals surface area contributed by atoms with Crippen molar-refractivity contribution in [2.24, 2.45) is 0 Å². The number of unbranched alkanes of at least 4 members (excludes halogenated alkanes) is 2. The second-order valence-electron chi connectivity index (χ2n) is 7.15. The van der Waals surface area contributed by atoms with Gasteiger partial charge in [0, 0.05) is 24.7 Å². The van der Waals surface area contributed by atoms with Crippen molar-refractivity contribution in [1.82, 2.24) is 25.6 Å². The van der Waals surface area contributed by atoms with Crippen LogP contribution in [0.5, 0.6) is 5.75 Å². The molecule has 0 radical (unpaired) electrons. The minimum atomic E-state index is -0.156. The molecular formula is C22H23N5O4. The van der Waals surface area contributed by atoms with Gasteiger partial charge in [-0.05, 0) is 50.1 Å². The molecule has 0 unspecified atom stereocenters. The molecule has 160 valence electrons. The maximum atomic E-state index is 12.3. The number of carbonyl (C=O) groups excluding carboxylic acids is 1. The van der Waals surface area contributed by atoms with E-state index in [1.165, 1.54) is 6.20 Å². The van der Waals surface area contributed by atoms with Crippen LogP contribution in [0.1, 0.15) is 41.2 Å². The van der Waals surface area contributed by atoms with E-state index in [2.05, 4.69) is 25.6 Å². The van der Waals surface area contributed by atoms with Gasteiger partial charge in [-0.15, -0.1) is 0 Å². The van der Waals surface area contributed by atoms with Crippen LogP contribution in [0.3, 0.4) is 0 Å². The highest BCUT2D eigenvalue weighted by molar-refractivity contribution is 5.96. The fraction of sp³-hybridized carbons (Fsp3) is 0.318. The molecule has 1 amide bonds. The Morgan fingerprint density at radius 3 is 2.74 bits per heavy atom. The molecule has 0 saturated carbocycles. The summed E-state index contributed by atoms with van der Waals surface area (Å²) in [7, 11) is 1.63. The first-order chi connectivity index (χ1) is 15.1. The Labute approximate surface area is 178 Å². The van der Waals surface area contributed by atoms with E-state index in [0.29, 0.717) is 41.7 Å². The van der Waals surface area contributed by atoms with Crippen LogP contribution in [-0.2, 0) is 6.42 Å². The molecule has 9 heteroatoms. The van der Waals surface area contributed by atoms with Gasteiger partial charge in [-0.25, -0.2) is 4.98 Å². The molecule has 0 aliphatic rings. The number of aryl methyl sites for hydroxylation is 2. The van der Waals surface area contributed by atoms with E-state index in [1.807, 2.05) is 31.2 Å². The molecule has 1 aromatic carbocycles. The number of nitrogens with zero attached hydrogens (tertiary/aromatic N) is 4. The predicted octanol–water partition coefficient (Wildman–Crippen LogP) is 3.73. The van der Waals surface area contributed by atoms with E-state index in [9.17, 15) is 4.79 Å². The molecule has 0 atom stereocenters. The standard InChI is InChI=1S/C22H23N5O4/c1-14-18-12-16(13-24-22(18)31-26-14)21(28)23-11-5-3-4-6-19-25-20(27-30-19)15-7-9-17(29-2)10-8-15/h7-10,12-13H,3-6,11H2,1-2H3,(H,23,28). The van der Waals surface area contributed by atoms with Gasteiger partial charge in [-0.3, -0.25) is 4.79 Å². The fourth-order valence-corrected chi connectivity index (χ4v) is 3.16. The predicted molar refractivity (Wildman–Crippen MR) is 113 cm³/mol. The van der Waals surface area contributed by atoms with Gasteiger partial charge in [0.05, 0.1) is 23.8 Å². The average Bonchev–Trinajstić information content (AvgIpc) is 3.43. The first-order valence-corrected chi connectivity index (χ1v) is 10.1. The molecule has 0 spiro atoms. The van der Waals surface area contributed by atoms with Crippen LogP contribution >= 0.6 is 0 Å². The number of aromatic nitrogens is 4. The molecule has 1 N–H and O–H groups in total. The molecule has 0 fully saturated rings. The number of nitrogens with one attached hydrogen (secondary N) is 1. The van der Waals surface area contributed by atoms with Crippen molar-refractivity contribution in [2.45, 2.75) is 32.6 Å². The minimum absolute atomic E-state index is 0.156. The number of carbonyl (C=O) groups is 1. The Morgan fingerprint density at radius 1 is 1.10 bits per heavy atom. The van der Waals surface area contributed by atoms with Gasteiger partial charge in [0.15, 0.2) is 0 Å². The number of amides is 1. The summed E-state index contributed by atoms with van der Waals surface area (Å²) in [5, 5.41) is 11.6. The summed E-state index contributed by atoms with van der Waals surface area (Å²) in [5.41, 5.74) is 2.53. The summed E-state index contributed by atoms with van der Waals surface area (Å²) in [6, 6.07) is 9.27. The van der Waals surface area contributed by atoms with Crippen LogP contribution in [0.15, 0.2) is 45.6 Å². The SMILES string of the molecule is COc1ccc(-c2noc(CCCCCNC(=O)c3cnc4onc(C)c4c3)n2)cc1. The normalized spacial score (nSPS) is 11.0. The van der Waals surface area contributed by atoms with Crippen molar-refractivity contribution in [3.8, 4) is 17.1 Å². The van der Waals surface area contributed by atoms with Crippen molar-refractivity contribution in [2.75, 3.05) is 13.7 Å². The summed E-state index contributed by atoms with van der Waals surface area (Å²) in [6.07, 6.45) is 4.88. The molecule has 4 rings (SSSR count). The monoisotopic (exact) mass is 421 g/mol. The lowest BCUT2D eigenvalue weighted by Crippen LogP contribution is -2.24. The van der Waals surface area contributed by atoms with Crippen LogP contribution < -0.4 is 10.1 Å². The highest BCUT2D eigenvalue weighted by Crippen LogP contribution is 2.20. The average molecular weight is 421 g/mol. The van der Waals surface area contributed by atoms with E-state index >= 15 is 0 Å². The Kier molecular flexibility index (Phi) is 6.21. The van der Waals surface area contributed by atoms with E-state index in [1.54, 1.807) is 13.2 Å². The van der Waals surface area contributed by atoms with Crippen molar-refractivity contribution in [3.05, 3.63) is 53.7 Å². The third-order valence-electron chi connectivity index (χ3n) is 4.94. The summed E-state index contributed by atoms with van der Waals surface area (Å²) in [6.45, 7) is 2.40. The minimum Gasteiger partial charge on any atom is -0.497 e. The first kappa shape index (κ1) is 20.5. The molecule has 0 aliphatic carbocycles. The lowest BCUT2D eigenvalue weighted by Gasteiger charge is -2.04. The molecule has 31 heavy (non-hydrogen) atoms. The molecule has 0 aliphatic heterocycles. The van der Waals surface area contributed by atoms with E-state index in [4.69, 9.17) is 13.8 Å². The molecule has 0 saturated heterocycles. The van der Waals surface area contributed by atoms with E-state index < -0.39 is 0 Å². The summed E-state index contributed by atoms with van der Waals surface area (Å²) >= 11 is 0. The Morgan fingerprint density at radius 2 is 1.94 bits per heavy atom. The number of fused-ring (bicyclic) bond motifs is 1. The van der Waals surface area contributed by atoms with Crippen LogP contribution in [0, 0.1) is 6.92 Å². The summed E-state index contributed by atoms with van der Waals surface area (Å²) < 4.78 is 15.6. The number of pyridine rings is 1. The molecule has 3 heterocycles. The number of hydrogen-bond donors (Lipinski definition) is 1. The third kappa shape index (κ3) is 4.88. The van der Waals surface area contributed by atoms with Gasteiger partial charge >= 0.3 is 0 Å². The quantitative estimate of drug-likeness (QED) is 0.406. The number of methoxy groups -OCH3 is 1. The van der Waals surface area contributed by atoms with Crippen molar-refractivity contribution < 1.29 is 18.6 Å². The van der Waals surface area contributed by atoms with Gasteiger partial charge in [0.25, 0.3) is 11.6 Å². The smallest absolute Gasteiger partial charge is 0.257 e. The maximum Gasteiger partial charge on any atom is 0.257 e. The van der Waals surface area contributed by atoms with Crippen LogP contribution in [0.2, 0.25) is 0 Å². The van der Waals surface area contributed by atoms with Crippen molar-refractivity contribution in [3.63, 3.8) is 0 Å². The van der Waals surface area contributed by atoms with Crippen molar-refractivity contribution >= 4 is 17.0 Å². The van der Waals surface area contributed by atoms with E-state index in [0.717, 1.165) is 36.0 Å². The van der Waals surface area contributed by atoms with Gasteiger partial charge in [-0.1, -0.05) is 16.7 Å². The highest BCUT2D eigenvalue weighted by Gasteiger charge is 2.12. The number of rotatable bonds is 9. The van der Waals surface area contributed by atoms with E-state index in [-0.39, 0.29) is 5.91 Å². The number of benzene rings is 1. The first-order valence-electron chi connectivity index (χ1n) is 10.1.